The van der Waals surface area contributed by atoms with Gasteiger partial charge in [0, 0.05) is 18.4 Å². The molecular weight excluding hydrogens is 392 g/mol. The lowest BCUT2D eigenvalue weighted by molar-refractivity contribution is 0.0740. The predicted octanol–water partition coefficient (Wildman–Crippen LogP) is 3.81. The molecule has 0 fully saturated rings. The van der Waals surface area contributed by atoms with Gasteiger partial charge in [0.25, 0.3) is 5.91 Å². The van der Waals surface area contributed by atoms with Crippen molar-refractivity contribution in [3.8, 4) is 0 Å². The second-order valence-electron chi connectivity index (χ2n) is 7.54. The summed E-state index contributed by atoms with van der Waals surface area (Å²) in [6.07, 6.45) is 3.04. The van der Waals surface area contributed by atoms with Crippen LogP contribution >= 0.6 is 0 Å². The number of aliphatic hydroxyl groups is 1. The molecule has 0 aliphatic carbocycles. The molecule has 0 aliphatic heterocycles. The van der Waals surface area contributed by atoms with E-state index in [0.717, 1.165) is 11.3 Å². The van der Waals surface area contributed by atoms with Gasteiger partial charge in [-0.05, 0) is 45.0 Å². The van der Waals surface area contributed by atoms with E-state index in [2.05, 4.69) is 37.5 Å². The summed E-state index contributed by atoms with van der Waals surface area (Å²) in [6.45, 7) is 9.24. The normalized spacial score (nSPS) is 11.0. The number of rotatable bonds is 8. The fraction of sp³-hybridized carbons (Fsp3) is 0.217. The number of carbonyl (C=O) groups is 1. The van der Waals surface area contributed by atoms with Crippen LogP contribution in [-0.4, -0.2) is 32.5 Å². The highest BCUT2D eigenvalue weighted by Gasteiger charge is 2.19. The molecule has 0 unspecified atom stereocenters. The van der Waals surface area contributed by atoms with E-state index in [4.69, 9.17) is 0 Å². The number of aryl methyl sites for hydroxylation is 1. The highest BCUT2D eigenvalue weighted by atomic mass is 16.3. The van der Waals surface area contributed by atoms with Crippen LogP contribution in [0.1, 0.15) is 35.5 Å². The molecule has 1 aromatic carbocycles. The lowest BCUT2D eigenvalue weighted by Gasteiger charge is -2.18. The number of anilines is 4. The molecule has 4 N–H and O–H groups in total. The minimum atomic E-state index is -1.11. The minimum absolute atomic E-state index is 0.256. The van der Waals surface area contributed by atoms with Crippen molar-refractivity contribution in [1.29, 1.82) is 0 Å². The summed E-state index contributed by atoms with van der Waals surface area (Å²) in [4.78, 5) is 25.8. The highest BCUT2D eigenvalue weighted by molar-refractivity contribution is 5.99. The summed E-state index contributed by atoms with van der Waals surface area (Å²) in [5.41, 5.74) is 1.60. The fourth-order valence-corrected chi connectivity index (χ4v) is 2.70. The second kappa shape index (κ2) is 9.36. The Bertz CT molecular complexity index is 1070. The summed E-state index contributed by atoms with van der Waals surface area (Å²) in [5, 5.41) is 19.2. The molecular formula is C23H26N6O2. The van der Waals surface area contributed by atoms with Gasteiger partial charge >= 0.3 is 0 Å². The van der Waals surface area contributed by atoms with Crippen LogP contribution in [0.25, 0.3) is 0 Å². The first-order valence-electron chi connectivity index (χ1n) is 9.83. The Labute approximate surface area is 181 Å². The Morgan fingerprint density at radius 1 is 1.13 bits per heavy atom. The standard InChI is InChI=1S/C23H26N6O2/c1-5-13-24-21(30)17-14-25-22(26-16-11-9-15(2)10-12-16)29-20(17)28-19-8-6-7-18(27-19)23(3,4)31/h5-12,14,31H,1,13H2,2-4H3,(H,24,30)(H2,25,26,27,28,29). The zero-order valence-electron chi connectivity index (χ0n) is 17.8. The molecule has 3 aromatic rings. The molecule has 160 valence electrons. The van der Waals surface area contributed by atoms with Crippen molar-refractivity contribution in [2.45, 2.75) is 26.4 Å². The number of nitrogens with zero attached hydrogens (tertiary/aromatic N) is 3. The topological polar surface area (TPSA) is 112 Å². The van der Waals surface area contributed by atoms with Crippen molar-refractivity contribution >= 4 is 29.2 Å². The number of benzene rings is 1. The van der Waals surface area contributed by atoms with Gasteiger partial charge < -0.3 is 21.1 Å². The molecule has 8 heteroatoms. The Balaban J connectivity index is 1.94. The molecule has 2 heterocycles. The average Bonchev–Trinajstić information content (AvgIpc) is 2.73. The van der Waals surface area contributed by atoms with Gasteiger partial charge in [-0.25, -0.2) is 9.97 Å². The van der Waals surface area contributed by atoms with Crippen LogP contribution in [0.2, 0.25) is 0 Å². The van der Waals surface area contributed by atoms with Crippen molar-refractivity contribution in [2.24, 2.45) is 0 Å². The van der Waals surface area contributed by atoms with Gasteiger partial charge in [0.1, 0.15) is 22.8 Å². The molecule has 0 saturated heterocycles. The maximum absolute atomic E-state index is 12.6. The Kier molecular flexibility index (Phi) is 6.61. The van der Waals surface area contributed by atoms with Crippen molar-refractivity contribution in [3.63, 3.8) is 0 Å². The quantitative estimate of drug-likeness (QED) is 0.412. The van der Waals surface area contributed by atoms with Crippen LogP contribution in [-0.2, 0) is 5.60 Å². The largest absolute Gasteiger partial charge is 0.384 e. The number of aromatic nitrogens is 3. The molecule has 0 spiro atoms. The van der Waals surface area contributed by atoms with E-state index in [1.807, 2.05) is 31.2 Å². The van der Waals surface area contributed by atoms with Crippen LogP contribution in [0.3, 0.4) is 0 Å². The van der Waals surface area contributed by atoms with Gasteiger partial charge in [0.2, 0.25) is 5.95 Å². The third-order valence-electron chi connectivity index (χ3n) is 4.37. The van der Waals surface area contributed by atoms with Crippen molar-refractivity contribution in [2.75, 3.05) is 17.2 Å². The molecule has 1 amide bonds. The zero-order valence-corrected chi connectivity index (χ0v) is 17.8. The number of nitrogens with one attached hydrogen (secondary N) is 3. The molecule has 31 heavy (non-hydrogen) atoms. The minimum Gasteiger partial charge on any atom is -0.384 e. The van der Waals surface area contributed by atoms with Gasteiger partial charge in [-0.1, -0.05) is 29.8 Å². The maximum Gasteiger partial charge on any atom is 0.256 e. The summed E-state index contributed by atoms with van der Waals surface area (Å²) >= 11 is 0. The smallest absolute Gasteiger partial charge is 0.256 e. The SMILES string of the molecule is C=CCNC(=O)c1cnc(Nc2ccc(C)cc2)nc1Nc1cccc(C(C)(C)O)n1. The lowest BCUT2D eigenvalue weighted by atomic mass is 10.1. The Morgan fingerprint density at radius 3 is 2.55 bits per heavy atom. The first-order valence-corrected chi connectivity index (χ1v) is 9.83. The monoisotopic (exact) mass is 418 g/mol. The van der Waals surface area contributed by atoms with Gasteiger partial charge in [0.05, 0.1) is 5.69 Å². The van der Waals surface area contributed by atoms with Crippen LogP contribution in [0.5, 0.6) is 0 Å². The van der Waals surface area contributed by atoms with Gasteiger partial charge in [-0.2, -0.15) is 4.98 Å². The van der Waals surface area contributed by atoms with Crippen molar-refractivity contribution in [1.82, 2.24) is 20.3 Å². The lowest BCUT2D eigenvalue weighted by Crippen LogP contribution is -2.25. The predicted molar refractivity (Wildman–Crippen MR) is 122 cm³/mol. The van der Waals surface area contributed by atoms with Crippen LogP contribution < -0.4 is 16.0 Å². The molecule has 8 nitrogen and oxygen atoms in total. The molecule has 0 aliphatic rings. The summed E-state index contributed by atoms with van der Waals surface area (Å²) in [7, 11) is 0. The molecule has 0 atom stereocenters. The van der Waals surface area contributed by atoms with Crippen LogP contribution in [0.15, 0.2) is 61.3 Å². The average molecular weight is 419 g/mol. The van der Waals surface area contributed by atoms with Crippen molar-refractivity contribution < 1.29 is 9.90 Å². The second-order valence-corrected chi connectivity index (χ2v) is 7.54. The first kappa shape index (κ1) is 21.9. The third kappa shape index (κ3) is 5.86. The summed E-state index contributed by atoms with van der Waals surface area (Å²) in [6, 6.07) is 13.0. The van der Waals surface area contributed by atoms with E-state index in [1.54, 1.807) is 38.1 Å². The Morgan fingerprint density at radius 2 is 1.87 bits per heavy atom. The van der Waals surface area contributed by atoms with E-state index in [9.17, 15) is 9.90 Å². The molecule has 3 rings (SSSR count). The number of carbonyl (C=O) groups excluding carboxylic acids is 1. The zero-order chi connectivity index (χ0) is 22.4. The summed E-state index contributed by atoms with van der Waals surface area (Å²) in [5.74, 6) is 0.706. The highest BCUT2D eigenvalue weighted by Crippen LogP contribution is 2.23. The van der Waals surface area contributed by atoms with E-state index in [-0.39, 0.29) is 17.3 Å². The molecule has 0 radical (unpaired) electrons. The molecule has 0 saturated carbocycles. The van der Waals surface area contributed by atoms with E-state index >= 15 is 0 Å². The third-order valence-corrected chi connectivity index (χ3v) is 4.37. The first-order chi connectivity index (χ1) is 14.8. The van der Waals surface area contributed by atoms with E-state index in [1.165, 1.54) is 6.20 Å². The van der Waals surface area contributed by atoms with E-state index in [0.29, 0.717) is 24.0 Å². The number of hydrogen-bond acceptors (Lipinski definition) is 7. The number of pyridine rings is 1. The Hall–Kier alpha value is -3.78. The van der Waals surface area contributed by atoms with Crippen LogP contribution in [0.4, 0.5) is 23.3 Å². The molecule has 0 bridgehead atoms. The maximum atomic E-state index is 12.6. The van der Waals surface area contributed by atoms with Gasteiger partial charge in [0.15, 0.2) is 0 Å². The fourth-order valence-electron chi connectivity index (χ4n) is 2.70. The summed E-state index contributed by atoms with van der Waals surface area (Å²) < 4.78 is 0. The van der Waals surface area contributed by atoms with Gasteiger partial charge in [-0.3, -0.25) is 4.79 Å². The molecule has 2 aromatic heterocycles. The number of amides is 1. The van der Waals surface area contributed by atoms with Crippen molar-refractivity contribution in [3.05, 3.63) is 78.1 Å². The van der Waals surface area contributed by atoms with E-state index < -0.39 is 5.60 Å². The van der Waals surface area contributed by atoms with Crippen LogP contribution in [0, 0.1) is 6.92 Å². The van der Waals surface area contributed by atoms with Gasteiger partial charge in [-0.15, -0.1) is 6.58 Å². The number of hydrogen-bond donors (Lipinski definition) is 4.